The maximum Gasteiger partial charge on any atom is 0.0827 e. The van der Waals surface area contributed by atoms with Crippen molar-refractivity contribution in [1.82, 2.24) is 0 Å². The molecule has 126 valence electrons. The molecule has 0 unspecified atom stereocenters. The first-order chi connectivity index (χ1) is 10.4. The summed E-state index contributed by atoms with van der Waals surface area (Å²) < 4.78 is 11.7. The maximum absolute atomic E-state index is 11.7. The monoisotopic (exact) mass is 298 g/mol. The molecule has 0 atom stereocenters. The number of rotatable bonds is 17. The molecule has 0 nitrogen and oxygen atoms in total. The molecule has 0 fully saturated rings. The standard InChI is InChI=1S/C20H39F/c1-2-3-4-5-6-7-8-9-10-11-12-13-14-15-16-17-18-19-20-21/h19-20H,2-18H2,1H3/b20-19+. The van der Waals surface area contributed by atoms with Crippen molar-refractivity contribution in [2.75, 3.05) is 0 Å². The number of hydrogen-bond acceptors (Lipinski definition) is 0. The third kappa shape index (κ3) is 19.7. The van der Waals surface area contributed by atoms with E-state index in [2.05, 4.69) is 6.92 Å². The van der Waals surface area contributed by atoms with Crippen LogP contribution in [-0.4, -0.2) is 0 Å². The normalized spacial score (nSPS) is 11.5. The first-order valence-electron chi connectivity index (χ1n) is 9.67. The molecule has 0 aromatic carbocycles. The Hall–Kier alpha value is -0.330. The zero-order valence-corrected chi connectivity index (χ0v) is 14.6. The van der Waals surface area contributed by atoms with Crippen molar-refractivity contribution in [3.8, 4) is 0 Å². The van der Waals surface area contributed by atoms with E-state index in [1.165, 1.54) is 96.3 Å². The first-order valence-corrected chi connectivity index (χ1v) is 9.67. The number of unbranched alkanes of at least 4 members (excludes halogenated alkanes) is 16. The summed E-state index contributed by atoms with van der Waals surface area (Å²) in [6.07, 6.45) is 25.5. The molecule has 0 N–H and O–H groups in total. The minimum Gasteiger partial charge on any atom is -0.216 e. The highest BCUT2D eigenvalue weighted by Gasteiger charge is 1.94. The van der Waals surface area contributed by atoms with Gasteiger partial charge in [-0.15, -0.1) is 0 Å². The molecule has 0 aliphatic heterocycles. The molecule has 0 heterocycles. The van der Waals surface area contributed by atoms with Crippen molar-refractivity contribution in [2.24, 2.45) is 0 Å². The molecule has 0 spiro atoms. The van der Waals surface area contributed by atoms with Crippen LogP contribution in [0.15, 0.2) is 12.4 Å². The van der Waals surface area contributed by atoms with Crippen LogP contribution in [0, 0.1) is 0 Å². The smallest absolute Gasteiger partial charge is 0.0827 e. The summed E-state index contributed by atoms with van der Waals surface area (Å²) in [4.78, 5) is 0. The quantitative estimate of drug-likeness (QED) is 0.238. The van der Waals surface area contributed by atoms with Gasteiger partial charge in [-0.05, 0) is 12.8 Å². The Kier molecular flexibility index (Phi) is 19.4. The molecule has 1 heteroatoms. The Balaban J connectivity index is 2.93. The average Bonchev–Trinajstić information content (AvgIpc) is 2.50. The summed E-state index contributed by atoms with van der Waals surface area (Å²) in [6, 6.07) is 0. The lowest BCUT2D eigenvalue weighted by molar-refractivity contribution is 0.530. The van der Waals surface area contributed by atoms with Crippen LogP contribution in [0.2, 0.25) is 0 Å². The lowest BCUT2D eigenvalue weighted by Crippen LogP contribution is -1.83. The van der Waals surface area contributed by atoms with Crippen LogP contribution in [0.1, 0.15) is 116 Å². The first kappa shape index (κ1) is 20.7. The van der Waals surface area contributed by atoms with Gasteiger partial charge in [-0.2, -0.15) is 0 Å². The summed E-state index contributed by atoms with van der Waals surface area (Å²) in [5.41, 5.74) is 0. The van der Waals surface area contributed by atoms with E-state index in [0.717, 1.165) is 12.8 Å². The molecule has 0 aliphatic carbocycles. The molecule has 0 saturated carbocycles. The average molecular weight is 299 g/mol. The molecular weight excluding hydrogens is 259 g/mol. The van der Waals surface area contributed by atoms with Gasteiger partial charge in [0, 0.05) is 0 Å². The molecule has 0 radical (unpaired) electrons. The van der Waals surface area contributed by atoms with E-state index in [1.54, 1.807) is 6.08 Å². The van der Waals surface area contributed by atoms with Crippen LogP contribution in [0.25, 0.3) is 0 Å². The molecular formula is C20H39F. The highest BCUT2D eigenvalue weighted by molar-refractivity contribution is 4.71. The van der Waals surface area contributed by atoms with Crippen molar-refractivity contribution in [3.05, 3.63) is 12.4 Å². The lowest BCUT2D eigenvalue weighted by Gasteiger charge is -2.03. The summed E-state index contributed by atoms with van der Waals surface area (Å²) in [7, 11) is 0. The Morgan fingerprint density at radius 2 is 0.857 bits per heavy atom. The van der Waals surface area contributed by atoms with Crippen LogP contribution < -0.4 is 0 Å². The van der Waals surface area contributed by atoms with Gasteiger partial charge >= 0.3 is 0 Å². The van der Waals surface area contributed by atoms with Gasteiger partial charge in [-0.3, -0.25) is 0 Å². The van der Waals surface area contributed by atoms with E-state index in [4.69, 9.17) is 0 Å². The van der Waals surface area contributed by atoms with E-state index in [0.29, 0.717) is 6.33 Å². The van der Waals surface area contributed by atoms with Crippen molar-refractivity contribution in [1.29, 1.82) is 0 Å². The molecule has 0 rings (SSSR count). The van der Waals surface area contributed by atoms with Gasteiger partial charge in [0.1, 0.15) is 0 Å². The summed E-state index contributed by atoms with van der Waals surface area (Å²) in [5.74, 6) is 0. The third-order valence-corrected chi connectivity index (χ3v) is 4.31. The third-order valence-electron chi connectivity index (χ3n) is 4.31. The molecule has 0 amide bonds. The molecule has 0 aromatic rings. The fourth-order valence-corrected chi connectivity index (χ4v) is 2.87. The Bertz CT molecular complexity index is 198. The van der Waals surface area contributed by atoms with E-state index in [1.807, 2.05) is 0 Å². The van der Waals surface area contributed by atoms with Crippen LogP contribution in [0.4, 0.5) is 4.39 Å². The van der Waals surface area contributed by atoms with Gasteiger partial charge in [-0.25, -0.2) is 4.39 Å². The van der Waals surface area contributed by atoms with E-state index < -0.39 is 0 Å². The highest BCUT2D eigenvalue weighted by Crippen LogP contribution is 2.14. The number of halogens is 1. The Morgan fingerprint density at radius 3 is 1.19 bits per heavy atom. The van der Waals surface area contributed by atoms with Gasteiger partial charge in [0.2, 0.25) is 0 Å². The summed E-state index contributed by atoms with van der Waals surface area (Å²) in [6.45, 7) is 2.28. The minimum absolute atomic E-state index is 0.672. The van der Waals surface area contributed by atoms with Crippen LogP contribution in [-0.2, 0) is 0 Å². The van der Waals surface area contributed by atoms with Gasteiger partial charge in [0.05, 0.1) is 6.33 Å². The Morgan fingerprint density at radius 1 is 0.524 bits per heavy atom. The van der Waals surface area contributed by atoms with E-state index in [9.17, 15) is 4.39 Å². The zero-order chi connectivity index (χ0) is 15.4. The zero-order valence-electron chi connectivity index (χ0n) is 14.6. The fraction of sp³-hybridized carbons (Fsp3) is 0.900. The van der Waals surface area contributed by atoms with Crippen molar-refractivity contribution in [2.45, 2.75) is 116 Å². The second-order valence-electron chi connectivity index (χ2n) is 6.45. The van der Waals surface area contributed by atoms with Crippen LogP contribution in [0.5, 0.6) is 0 Å². The van der Waals surface area contributed by atoms with Gasteiger partial charge in [-0.1, -0.05) is 109 Å². The van der Waals surface area contributed by atoms with Gasteiger partial charge in [0.25, 0.3) is 0 Å². The molecule has 0 bridgehead atoms. The topological polar surface area (TPSA) is 0 Å². The highest BCUT2D eigenvalue weighted by atomic mass is 19.1. The predicted molar refractivity (Wildman–Crippen MR) is 94.4 cm³/mol. The number of hydrogen-bond donors (Lipinski definition) is 0. The molecule has 0 aliphatic rings. The maximum atomic E-state index is 11.7. The summed E-state index contributed by atoms with van der Waals surface area (Å²) in [5, 5.41) is 0. The molecule has 0 aromatic heterocycles. The van der Waals surface area contributed by atoms with E-state index in [-0.39, 0.29) is 0 Å². The molecule has 0 saturated heterocycles. The van der Waals surface area contributed by atoms with Gasteiger partial charge in [0.15, 0.2) is 0 Å². The SMILES string of the molecule is CCCCCCCCCCCCCCCCCC/C=C/F. The van der Waals surface area contributed by atoms with Crippen LogP contribution in [0.3, 0.4) is 0 Å². The lowest BCUT2D eigenvalue weighted by atomic mass is 10.0. The van der Waals surface area contributed by atoms with Gasteiger partial charge < -0.3 is 0 Å². The second-order valence-corrected chi connectivity index (χ2v) is 6.45. The Labute approximate surface area is 133 Å². The predicted octanol–water partition coefficient (Wildman–Crippen LogP) is 8.12. The van der Waals surface area contributed by atoms with Crippen molar-refractivity contribution < 1.29 is 4.39 Å². The van der Waals surface area contributed by atoms with Crippen LogP contribution >= 0.6 is 0 Å². The second kappa shape index (κ2) is 19.7. The largest absolute Gasteiger partial charge is 0.216 e. The fourth-order valence-electron chi connectivity index (χ4n) is 2.87. The minimum atomic E-state index is 0.672. The number of allylic oxidation sites excluding steroid dienone is 1. The summed E-state index contributed by atoms with van der Waals surface area (Å²) >= 11 is 0. The molecule has 21 heavy (non-hydrogen) atoms. The van der Waals surface area contributed by atoms with Crippen molar-refractivity contribution in [3.63, 3.8) is 0 Å². The van der Waals surface area contributed by atoms with Crippen molar-refractivity contribution >= 4 is 0 Å². The van der Waals surface area contributed by atoms with E-state index >= 15 is 0 Å².